The van der Waals surface area contributed by atoms with Crippen LogP contribution in [0.15, 0.2) is 53.7 Å². The van der Waals surface area contributed by atoms with Crippen LogP contribution in [0.25, 0.3) is 5.69 Å². The zero-order chi connectivity index (χ0) is 22.1. The van der Waals surface area contributed by atoms with E-state index in [4.69, 9.17) is 0 Å². The zero-order valence-electron chi connectivity index (χ0n) is 17.5. The normalized spacial score (nSPS) is 17.2. The first-order chi connectivity index (χ1) is 15.5. The third-order valence-electron chi connectivity index (χ3n) is 6.26. The third-order valence-corrected chi connectivity index (χ3v) is 8.15. The van der Waals surface area contributed by atoms with E-state index in [1.165, 1.54) is 20.9 Å². The summed E-state index contributed by atoms with van der Waals surface area (Å²) in [4.78, 5) is 13.2. The van der Waals surface area contributed by atoms with Gasteiger partial charge in [-0.3, -0.25) is 4.79 Å². The summed E-state index contributed by atoms with van der Waals surface area (Å²) in [7, 11) is -3.54. The van der Waals surface area contributed by atoms with Crippen molar-refractivity contribution in [3.63, 3.8) is 0 Å². The molecule has 0 saturated carbocycles. The Morgan fingerprint density at radius 1 is 1.03 bits per heavy atom. The number of nitrogens with one attached hydrogen (secondary N) is 1. The molecular weight excluding hydrogens is 428 g/mol. The number of carbonyl (C=O) groups excluding carboxylic acids is 1. The Morgan fingerprint density at radius 3 is 2.62 bits per heavy atom. The lowest BCUT2D eigenvalue weighted by Gasteiger charge is -2.30. The van der Waals surface area contributed by atoms with Gasteiger partial charge in [-0.2, -0.15) is 4.31 Å². The molecule has 1 aliphatic carbocycles. The molecule has 1 aliphatic heterocycles. The Morgan fingerprint density at radius 2 is 1.84 bits per heavy atom. The minimum absolute atomic E-state index is 0.103. The largest absolute Gasteiger partial charge is 0.326 e. The van der Waals surface area contributed by atoms with Crippen LogP contribution in [0, 0.1) is 5.92 Å². The molecule has 32 heavy (non-hydrogen) atoms. The fourth-order valence-corrected chi connectivity index (χ4v) is 5.99. The van der Waals surface area contributed by atoms with Crippen molar-refractivity contribution in [1.82, 2.24) is 24.5 Å². The number of sulfonamides is 1. The molecule has 0 bridgehead atoms. The molecule has 0 spiro atoms. The van der Waals surface area contributed by atoms with Gasteiger partial charge in [0.05, 0.1) is 10.6 Å². The van der Waals surface area contributed by atoms with E-state index in [0.29, 0.717) is 36.5 Å². The van der Waals surface area contributed by atoms with Gasteiger partial charge in [0.1, 0.15) is 6.33 Å². The minimum atomic E-state index is -3.54. The lowest BCUT2D eigenvalue weighted by atomic mass is 9.97. The molecule has 10 heteroatoms. The van der Waals surface area contributed by atoms with E-state index in [1.807, 2.05) is 24.3 Å². The predicted octanol–water partition coefficient (Wildman–Crippen LogP) is 2.19. The molecule has 3 aromatic rings. The molecule has 1 aromatic heterocycles. The Kier molecular flexibility index (Phi) is 5.48. The maximum atomic E-state index is 13.1. The smallest absolute Gasteiger partial charge is 0.243 e. The van der Waals surface area contributed by atoms with Gasteiger partial charge in [-0.15, -0.1) is 5.10 Å². The van der Waals surface area contributed by atoms with Crippen LogP contribution in [-0.4, -0.2) is 51.9 Å². The van der Waals surface area contributed by atoms with Gasteiger partial charge < -0.3 is 5.32 Å². The van der Waals surface area contributed by atoms with E-state index < -0.39 is 10.0 Å². The Bertz CT molecular complexity index is 1230. The van der Waals surface area contributed by atoms with Crippen molar-refractivity contribution in [2.24, 2.45) is 5.92 Å². The van der Waals surface area contributed by atoms with E-state index in [-0.39, 0.29) is 11.8 Å². The Hall–Kier alpha value is -3.11. The number of nitrogens with zero attached hydrogens (tertiary/aromatic N) is 5. The number of fused-ring (bicyclic) bond motifs is 1. The van der Waals surface area contributed by atoms with Crippen molar-refractivity contribution >= 4 is 21.6 Å². The number of hydrogen-bond acceptors (Lipinski definition) is 6. The van der Waals surface area contributed by atoms with Gasteiger partial charge in [0.25, 0.3) is 0 Å². The average molecular weight is 453 g/mol. The molecule has 9 nitrogen and oxygen atoms in total. The maximum Gasteiger partial charge on any atom is 0.243 e. The van der Waals surface area contributed by atoms with Crippen molar-refractivity contribution < 1.29 is 13.2 Å². The maximum absolute atomic E-state index is 13.1. The van der Waals surface area contributed by atoms with Crippen LogP contribution in [0.5, 0.6) is 0 Å². The number of tetrazole rings is 1. The van der Waals surface area contributed by atoms with Crippen LogP contribution < -0.4 is 5.32 Å². The van der Waals surface area contributed by atoms with Gasteiger partial charge >= 0.3 is 0 Å². The standard InChI is InChI=1S/C22H24N6O3S/c29-22(24-19-5-2-6-20(14-19)28-15-23-25-26-28)17-9-11-27(12-10-17)32(30,31)21-8-7-16-3-1-4-18(16)13-21/h2,5-8,13-15,17H,1,3-4,9-12H2,(H,24,29). The van der Waals surface area contributed by atoms with Crippen LogP contribution in [0.4, 0.5) is 5.69 Å². The summed E-state index contributed by atoms with van der Waals surface area (Å²) in [5.74, 6) is -0.341. The molecule has 0 unspecified atom stereocenters. The molecular formula is C22H24N6O3S. The van der Waals surface area contributed by atoms with Crippen LogP contribution in [0.2, 0.25) is 0 Å². The van der Waals surface area contributed by atoms with Crippen molar-refractivity contribution in [3.05, 3.63) is 59.9 Å². The van der Waals surface area contributed by atoms with Crippen LogP contribution >= 0.6 is 0 Å². The minimum Gasteiger partial charge on any atom is -0.326 e. The second-order valence-electron chi connectivity index (χ2n) is 8.26. The summed E-state index contributed by atoms with van der Waals surface area (Å²) in [6.07, 6.45) is 5.51. The predicted molar refractivity (Wildman–Crippen MR) is 118 cm³/mol. The van der Waals surface area contributed by atoms with Crippen LogP contribution in [-0.2, 0) is 27.7 Å². The summed E-state index contributed by atoms with van der Waals surface area (Å²) in [5, 5.41) is 14.0. The Labute approximate surface area is 186 Å². The quantitative estimate of drug-likeness (QED) is 0.635. The lowest BCUT2D eigenvalue weighted by Crippen LogP contribution is -2.41. The fraction of sp³-hybridized carbons (Fsp3) is 0.364. The van der Waals surface area contributed by atoms with E-state index in [2.05, 4.69) is 20.8 Å². The van der Waals surface area contributed by atoms with Crippen molar-refractivity contribution in [1.29, 1.82) is 0 Å². The Balaban J connectivity index is 1.22. The third kappa shape index (κ3) is 4.03. The summed E-state index contributed by atoms with van der Waals surface area (Å²) in [6.45, 7) is 0.671. The second-order valence-corrected chi connectivity index (χ2v) is 10.2. The average Bonchev–Trinajstić information content (AvgIpc) is 3.51. The van der Waals surface area contributed by atoms with Gasteiger partial charge in [0.2, 0.25) is 15.9 Å². The number of carbonyl (C=O) groups is 1. The van der Waals surface area contributed by atoms with Crippen molar-refractivity contribution in [3.8, 4) is 5.69 Å². The summed E-state index contributed by atoms with van der Waals surface area (Å²) < 4.78 is 29.2. The van der Waals surface area contributed by atoms with Gasteiger partial charge in [-0.1, -0.05) is 12.1 Å². The van der Waals surface area contributed by atoms with Crippen LogP contribution in [0.1, 0.15) is 30.4 Å². The number of aromatic nitrogens is 4. The highest BCUT2D eigenvalue weighted by Gasteiger charge is 2.32. The first-order valence-corrected chi connectivity index (χ1v) is 12.2. The highest BCUT2D eigenvalue weighted by Crippen LogP contribution is 2.29. The molecule has 1 amide bonds. The van der Waals surface area contributed by atoms with Crippen molar-refractivity contribution in [2.45, 2.75) is 37.0 Å². The highest BCUT2D eigenvalue weighted by atomic mass is 32.2. The van der Waals surface area contributed by atoms with E-state index in [0.717, 1.165) is 30.5 Å². The SMILES string of the molecule is O=C(Nc1cccc(-n2cnnn2)c1)C1CCN(S(=O)(=O)c2ccc3c(c2)CCC3)CC1. The molecule has 1 N–H and O–H groups in total. The summed E-state index contributed by atoms with van der Waals surface area (Å²) in [6, 6.07) is 12.7. The second kappa shape index (κ2) is 8.44. The van der Waals surface area contributed by atoms with Gasteiger partial charge in [0, 0.05) is 24.7 Å². The van der Waals surface area contributed by atoms with E-state index >= 15 is 0 Å². The monoisotopic (exact) mass is 452 g/mol. The molecule has 5 rings (SSSR count). The number of amides is 1. The van der Waals surface area contributed by atoms with Crippen molar-refractivity contribution in [2.75, 3.05) is 18.4 Å². The number of piperidine rings is 1. The van der Waals surface area contributed by atoms with E-state index in [9.17, 15) is 13.2 Å². The molecule has 1 saturated heterocycles. The molecule has 1 fully saturated rings. The van der Waals surface area contributed by atoms with Gasteiger partial charge in [-0.25, -0.2) is 13.1 Å². The molecule has 2 heterocycles. The number of aryl methyl sites for hydroxylation is 2. The first kappa shape index (κ1) is 20.8. The first-order valence-electron chi connectivity index (χ1n) is 10.8. The molecule has 2 aliphatic rings. The van der Waals surface area contributed by atoms with Crippen LogP contribution in [0.3, 0.4) is 0 Å². The molecule has 0 radical (unpaired) electrons. The summed E-state index contributed by atoms with van der Waals surface area (Å²) >= 11 is 0. The molecule has 2 aromatic carbocycles. The zero-order valence-corrected chi connectivity index (χ0v) is 18.3. The molecule has 0 atom stereocenters. The number of rotatable bonds is 5. The number of hydrogen-bond donors (Lipinski definition) is 1. The number of anilines is 1. The lowest BCUT2D eigenvalue weighted by molar-refractivity contribution is -0.120. The number of benzene rings is 2. The highest BCUT2D eigenvalue weighted by molar-refractivity contribution is 7.89. The summed E-state index contributed by atoms with van der Waals surface area (Å²) in [5.41, 5.74) is 3.78. The van der Waals surface area contributed by atoms with Gasteiger partial charge in [0.15, 0.2) is 0 Å². The molecule has 166 valence electrons. The fourth-order valence-electron chi connectivity index (χ4n) is 4.47. The topological polar surface area (TPSA) is 110 Å². The van der Waals surface area contributed by atoms with Gasteiger partial charge in [-0.05, 0) is 84.0 Å². The van der Waals surface area contributed by atoms with E-state index in [1.54, 1.807) is 18.2 Å².